The van der Waals surface area contributed by atoms with Crippen LogP contribution < -0.4 is 10.6 Å². The van der Waals surface area contributed by atoms with E-state index in [1.54, 1.807) is 0 Å². The summed E-state index contributed by atoms with van der Waals surface area (Å²) in [7, 11) is 0. The molecule has 3 atom stereocenters. The molecule has 0 aliphatic carbocycles. The number of carboxylic acids is 1. The van der Waals surface area contributed by atoms with Gasteiger partial charge in [-0.2, -0.15) is 0 Å². The average molecular weight is 244 g/mol. The van der Waals surface area contributed by atoms with Gasteiger partial charge in [0.05, 0.1) is 0 Å². The molecule has 0 saturated carbocycles. The Morgan fingerprint density at radius 3 is 2.18 bits per heavy atom. The Bertz CT molecular complexity index is 256. The first kappa shape index (κ1) is 15.7. The quantitative estimate of drug-likeness (QED) is 0.639. The largest absolute Gasteiger partial charge is 0.480 e. The number of hydrogen-bond acceptors (Lipinski definition) is 2. The van der Waals surface area contributed by atoms with Crippen LogP contribution in [0.2, 0.25) is 0 Å². The molecule has 2 amide bonds. The maximum Gasteiger partial charge on any atom is 0.326 e. The summed E-state index contributed by atoms with van der Waals surface area (Å²) in [6.07, 6.45) is 1.69. The SMILES string of the molecule is CCC(C)CNC(=O)N[C@H](C(=O)O)C(C)CC. The molecule has 0 fully saturated rings. The van der Waals surface area contributed by atoms with Gasteiger partial charge < -0.3 is 15.7 Å². The molecule has 5 nitrogen and oxygen atoms in total. The van der Waals surface area contributed by atoms with Gasteiger partial charge in [-0.25, -0.2) is 9.59 Å². The van der Waals surface area contributed by atoms with E-state index in [-0.39, 0.29) is 5.92 Å². The van der Waals surface area contributed by atoms with Crippen molar-refractivity contribution in [2.75, 3.05) is 6.54 Å². The number of rotatable bonds is 7. The van der Waals surface area contributed by atoms with Gasteiger partial charge in [-0.15, -0.1) is 0 Å². The minimum atomic E-state index is -0.988. The molecule has 5 heteroatoms. The topological polar surface area (TPSA) is 78.4 Å². The van der Waals surface area contributed by atoms with Gasteiger partial charge in [-0.3, -0.25) is 0 Å². The zero-order valence-electron chi connectivity index (χ0n) is 11.1. The molecule has 0 aliphatic rings. The van der Waals surface area contributed by atoms with Crippen LogP contribution in [0.25, 0.3) is 0 Å². The Labute approximate surface area is 103 Å². The van der Waals surface area contributed by atoms with Crippen LogP contribution in [-0.2, 0) is 4.79 Å². The molecule has 2 unspecified atom stereocenters. The van der Waals surface area contributed by atoms with Crippen LogP contribution in [-0.4, -0.2) is 29.7 Å². The number of nitrogens with one attached hydrogen (secondary N) is 2. The number of carbonyl (C=O) groups is 2. The van der Waals surface area contributed by atoms with Crippen molar-refractivity contribution in [3.63, 3.8) is 0 Å². The van der Waals surface area contributed by atoms with Crippen LogP contribution in [0, 0.1) is 11.8 Å². The first-order valence-corrected chi connectivity index (χ1v) is 6.19. The zero-order chi connectivity index (χ0) is 13.4. The predicted molar refractivity (Wildman–Crippen MR) is 66.9 cm³/mol. The molecular weight excluding hydrogens is 220 g/mol. The first-order valence-electron chi connectivity index (χ1n) is 6.19. The number of carboxylic acid groups (broad SMARTS) is 1. The first-order chi connectivity index (χ1) is 7.92. The van der Waals surface area contributed by atoms with E-state index in [1.165, 1.54) is 0 Å². The lowest BCUT2D eigenvalue weighted by Crippen LogP contribution is -2.49. The molecule has 0 aromatic carbocycles. The van der Waals surface area contributed by atoms with Crippen molar-refractivity contribution in [1.82, 2.24) is 10.6 Å². The standard InChI is InChI=1S/C12H24N2O3/c1-5-8(3)7-13-12(17)14-10(11(15)16)9(4)6-2/h8-10H,5-7H2,1-4H3,(H,15,16)(H2,13,14,17)/t8?,9?,10-/m0/s1. The van der Waals surface area contributed by atoms with E-state index in [1.807, 2.05) is 27.7 Å². The molecule has 0 aromatic heterocycles. The van der Waals surface area contributed by atoms with E-state index in [9.17, 15) is 9.59 Å². The summed E-state index contributed by atoms with van der Waals surface area (Å²) < 4.78 is 0. The summed E-state index contributed by atoms with van der Waals surface area (Å²) >= 11 is 0. The van der Waals surface area contributed by atoms with Crippen molar-refractivity contribution in [1.29, 1.82) is 0 Å². The van der Waals surface area contributed by atoms with Crippen molar-refractivity contribution < 1.29 is 14.7 Å². The Morgan fingerprint density at radius 2 is 1.76 bits per heavy atom. The van der Waals surface area contributed by atoms with Crippen LogP contribution in [0.4, 0.5) is 4.79 Å². The average Bonchev–Trinajstić information content (AvgIpc) is 2.31. The van der Waals surface area contributed by atoms with Gasteiger partial charge in [0, 0.05) is 6.54 Å². The van der Waals surface area contributed by atoms with Crippen LogP contribution in [0.1, 0.15) is 40.5 Å². The molecule has 0 aromatic rings. The van der Waals surface area contributed by atoms with E-state index >= 15 is 0 Å². The van der Waals surface area contributed by atoms with E-state index < -0.39 is 18.0 Å². The van der Waals surface area contributed by atoms with Gasteiger partial charge in [0.15, 0.2) is 0 Å². The number of urea groups is 1. The van der Waals surface area contributed by atoms with Gasteiger partial charge in [0.1, 0.15) is 6.04 Å². The third kappa shape index (κ3) is 6.14. The number of hydrogen-bond donors (Lipinski definition) is 3. The van der Waals surface area contributed by atoms with Crippen molar-refractivity contribution >= 4 is 12.0 Å². The minimum absolute atomic E-state index is 0.0816. The fraction of sp³-hybridized carbons (Fsp3) is 0.833. The lowest BCUT2D eigenvalue weighted by atomic mass is 9.99. The van der Waals surface area contributed by atoms with Crippen LogP contribution >= 0.6 is 0 Å². The van der Waals surface area contributed by atoms with Gasteiger partial charge in [-0.05, 0) is 11.8 Å². The lowest BCUT2D eigenvalue weighted by Gasteiger charge is -2.21. The van der Waals surface area contributed by atoms with E-state index in [0.29, 0.717) is 18.9 Å². The maximum absolute atomic E-state index is 11.5. The maximum atomic E-state index is 11.5. The molecule has 0 bridgehead atoms. The van der Waals surface area contributed by atoms with Crippen molar-refractivity contribution in [3.05, 3.63) is 0 Å². The van der Waals surface area contributed by atoms with E-state index in [0.717, 1.165) is 6.42 Å². The molecule has 17 heavy (non-hydrogen) atoms. The zero-order valence-corrected chi connectivity index (χ0v) is 11.1. The van der Waals surface area contributed by atoms with Crippen molar-refractivity contribution in [3.8, 4) is 0 Å². The number of amides is 2. The predicted octanol–water partition coefficient (Wildman–Crippen LogP) is 1.83. The Kier molecular flexibility index (Phi) is 7.34. The smallest absolute Gasteiger partial charge is 0.326 e. The summed E-state index contributed by atoms with van der Waals surface area (Å²) in [6, 6.07) is -1.23. The third-order valence-electron chi connectivity index (χ3n) is 3.07. The van der Waals surface area contributed by atoms with Crippen LogP contribution in [0.5, 0.6) is 0 Å². The summed E-state index contributed by atoms with van der Waals surface area (Å²) in [4.78, 5) is 22.5. The molecule has 0 aliphatic heterocycles. The highest BCUT2D eigenvalue weighted by molar-refractivity contribution is 5.82. The number of carbonyl (C=O) groups excluding carboxylic acids is 1. The second kappa shape index (κ2) is 7.92. The highest BCUT2D eigenvalue weighted by Gasteiger charge is 2.25. The summed E-state index contributed by atoms with van der Waals surface area (Å²) in [6.45, 7) is 8.36. The lowest BCUT2D eigenvalue weighted by molar-refractivity contribution is -0.140. The minimum Gasteiger partial charge on any atom is -0.480 e. The molecule has 3 N–H and O–H groups in total. The molecule has 100 valence electrons. The fourth-order valence-corrected chi connectivity index (χ4v) is 1.29. The van der Waals surface area contributed by atoms with Gasteiger partial charge >= 0.3 is 12.0 Å². The van der Waals surface area contributed by atoms with Crippen LogP contribution in [0.3, 0.4) is 0 Å². The molecule has 0 rings (SSSR count). The normalized spacial score (nSPS) is 15.8. The molecular formula is C12H24N2O3. The molecule has 0 saturated heterocycles. The highest BCUT2D eigenvalue weighted by atomic mass is 16.4. The molecule has 0 heterocycles. The highest BCUT2D eigenvalue weighted by Crippen LogP contribution is 2.07. The second-order valence-corrected chi connectivity index (χ2v) is 4.57. The summed E-state index contributed by atoms with van der Waals surface area (Å²) in [5.41, 5.74) is 0. The van der Waals surface area contributed by atoms with Crippen molar-refractivity contribution in [2.24, 2.45) is 11.8 Å². The Balaban J connectivity index is 4.18. The van der Waals surface area contributed by atoms with E-state index in [4.69, 9.17) is 5.11 Å². The fourth-order valence-electron chi connectivity index (χ4n) is 1.29. The van der Waals surface area contributed by atoms with Gasteiger partial charge in [0.2, 0.25) is 0 Å². The third-order valence-corrected chi connectivity index (χ3v) is 3.07. The van der Waals surface area contributed by atoms with E-state index in [2.05, 4.69) is 10.6 Å². The Hall–Kier alpha value is -1.26. The van der Waals surface area contributed by atoms with Gasteiger partial charge in [0.25, 0.3) is 0 Å². The molecule has 0 radical (unpaired) electrons. The summed E-state index contributed by atoms with van der Waals surface area (Å²) in [5.74, 6) is -0.674. The monoisotopic (exact) mass is 244 g/mol. The second-order valence-electron chi connectivity index (χ2n) is 4.57. The van der Waals surface area contributed by atoms with Crippen molar-refractivity contribution in [2.45, 2.75) is 46.6 Å². The van der Waals surface area contributed by atoms with Crippen LogP contribution in [0.15, 0.2) is 0 Å². The van der Waals surface area contributed by atoms with Gasteiger partial charge in [-0.1, -0.05) is 40.5 Å². The Morgan fingerprint density at radius 1 is 1.18 bits per heavy atom. The number of aliphatic carboxylic acids is 1. The molecule has 0 spiro atoms. The summed E-state index contributed by atoms with van der Waals surface area (Å²) in [5, 5.41) is 14.2.